The zero-order valence-electron chi connectivity index (χ0n) is 11.4. The minimum absolute atomic E-state index is 0.0187. The van der Waals surface area contributed by atoms with E-state index in [9.17, 15) is 13.6 Å². The number of benzene rings is 1. The monoisotopic (exact) mass is 301 g/mol. The Kier molecular flexibility index (Phi) is 5.46. The maximum Gasteiger partial charge on any atom is 0.387 e. The van der Waals surface area contributed by atoms with Crippen molar-refractivity contribution in [3.8, 4) is 5.75 Å². The van der Waals surface area contributed by atoms with E-state index in [1.807, 2.05) is 4.90 Å². The fourth-order valence-electron chi connectivity index (χ4n) is 2.45. The molecule has 0 spiro atoms. The Morgan fingerprint density at radius 1 is 1.33 bits per heavy atom. The fraction of sp³-hybridized carbons (Fsp3) is 0.500. The second kappa shape index (κ2) is 7.33. The van der Waals surface area contributed by atoms with Crippen LogP contribution in [0.25, 0.3) is 0 Å². The van der Waals surface area contributed by atoms with Crippen molar-refractivity contribution in [1.29, 1.82) is 0 Å². The van der Waals surface area contributed by atoms with Gasteiger partial charge in [-0.2, -0.15) is 8.78 Å². The molecule has 0 radical (unpaired) electrons. The summed E-state index contributed by atoms with van der Waals surface area (Å²) in [5, 5.41) is 9.10. The molecule has 21 heavy (non-hydrogen) atoms. The number of hydrogen-bond acceptors (Lipinski definition) is 4. The molecule has 1 saturated heterocycles. The van der Waals surface area contributed by atoms with Gasteiger partial charge in [-0.3, -0.25) is 9.69 Å². The van der Waals surface area contributed by atoms with Crippen LogP contribution in [0.5, 0.6) is 5.75 Å². The summed E-state index contributed by atoms with van der Waals surface area (Å²) < 4.78 is 34.8. The molecule has 0 aliphatic carbocycles. The molecular formula is C14H17F2NO4. The first-order valence-electron chi connectivity index (χ1n) is 6.65. The second-order valence-corrected chi connectivity index (χ2v) is 4.68. The summed E-state index contributed by atoms with van der Waals surface area (Å²) in [6.45, 7) is -0.842. The zero-order valence-corrected chi connectivity index (χ0v) is 11.4. The minimum atomic E-state index is -2.94. The van der Waals surface area contributed by atoms with E-state index in [4.69, 9.17) is 9.84 Å². The number of morpholine rings is 1. The van der Waals surface area contributed by atoms with Gasteiger partial charge in [0.15, 0.2) is 0 Å². The zero-order chi connectivity index (χ0) is 15.2. The first-order valence-corrected chi connectivity index (χ1v) is 6.65. The van der Waals surface area contributed by atoms with Crippen LogP contribution in [0.4, 0.5) is 8.78 Å². The van der Waals surface area contributed by atoms with E-state index < -0.39 is 18.6 Å². The summed E-state index contributed by atoms with van der Waals surface area (Å²) >= 11 is 0. The van der Waals surface area contributed by atoms with E-state index in [2.05, 4.69) is 4.74 Å². The highest BCUT2D eigenvalue weighted by Crippen LogP contribution is 2.33. The number of rotatable bonds is 6. The summed E-state index contributed by atoms with van der Waals surface area (Å²) in [7, 11) is 0. The van der Waals surface area contributed by atoms with Crippen LogP contribution >= 0.6 is 0 Å². The fourth-order valence-corrected chi connectivity index (χ4v) is 2.45. The normalized spacial score (nSPS) is 17.7. The van der Waals surface area contributed by atoms with E-state index in [0.717, 1.165) is 0 Å². The maximum atomic E-state index is 12.5. The van der Waals surface area contributed by atoms with Crippen molar-refractivity contribution < 1.29 is 28.2 Å². The van der Waals surface area contributed by atoms with E-state index in [0.29, 0.717) is 31.9 Å². The Labute approximate surface area is 121 Å². The largest absolute Gasteiger partial charge is 0.481 e. The molecule has 1 aliphatic rings. The number of nitrogens with zero attached hydrogens (tertiary/aromatic N) is 1. The van der Waals surface area contributed by atoms with Crippen molar-refractivity contribution in [2.24, 2.45) is 0 Å². The van der Waals surface area contributed by atoms with Gasteiger partial charge in [0.05, 0.1) is 19.6 Å². The van der Waals surface area contributed by atoms with Gasteiger partial charge in [0.2, 0.25) is 0 Å². The molecule has 1 atom stereocenters. The molecule has 1 fully saturated rings. The van der Waals surface area contributed by atoms with Gasteiger partial charge in [-0.1, -0.05) is 18.2 Å². The predicted molar refractivity (Wildman–Crippen MR) is 70.5 cm³/mol. The Morgan fingerprint density at radius 3 is 2.62 bits per heavy atom. The summed E-state index contributed by atoms with van der Waals surface area (Å²) in [5.74, 6) is -0.969. The number of carboxylic acids is 1. The number of carbonyl (C=O) groups is 1. The molecule has 0 amide bonds. The third kappa shape index (κ3) is 4.37. The average Bonchev–Trinajstić information content (AvgIpc) is 2.46. The van der Waals surface area contributed by atoms with Gasteiger partial charge in [-0.05, 0) is 6.07 Å². The van der Waals surface area contributed by atoms with Crippen molar-refractivity contribution in [1.82, 2.24) is 4.90 Å². The van der Waals surface area contributed by atoms with Crippen LogP contribution in [0.2, 0.25) is 0 Å². The molecule has 1 heterocycles. The topological polar surface area (TPSA) is 59.0 Å². The van der Waals surface area contributed by atoms with Crippen LogP contribution in [-0.2, 0) is 9.53 Å². The lowest BCUT2D eigenvalue weighted by Gasteiger charge is -2.34. The van der Waals surface area contributed by atoms with Crippen molar-refractivity contribution in [3.63, 3.8) is 0 Å². The molecule has 1 unspecified atom stereocenters. The van der Waals surface area contributed by atoms with Crippen molar-refractivity contribution >= 4 is 5.97 Å². The Hall–Kier alpha value is -1.73. The van der Waals surface area contributed by atoms with Gasteiger partial charge in [0, 0.05) is 24.7 Å². The van der Waals surface area contributed by atoms with E-state index in [-0.39, 0.29) is 12.2 Å². The maximum absolute atomic E-state index is 12.5. The number of ether oxygens (including phenoxy) is 2. The summed E-state index contributed by atoms with van der Waals surface area (Å²) in [5.41, 5.74) is 0.460. The van der Waals surface area contributed by atoms with Gasteiger partial charge >= 0.3 is 12.6 Å². The average molecular weight is 301 g/mol. The molecule has 1 aromatic rings. The standard InChI is InChI=1S/C14H17F2NO4/c15-14(16)21-12-4-2-1-3-10(12)11(9-13(18)19)17-5-7-20-8-6-17/h1-4,11,14H,5-9H2,(H,18,19). The Bertz CT molecular complexity index is 478. The van der Waals surface area contributed by atoms with Gasteiger partial charge in [-0.15, -0.1) is 0 Å². The van der Waals surface area contributed by atoms with Crippen molar-refractivity contribution in [3.05, 3.63) is 29.8 Å². The molecule has 5 nitrogen and oxygen atoms in total. The molecule has 116 valence electrons. The number of hydrogen-bond donors (Lipinski definition) is 1. The summed E-state index contributed by atoms with van der Waals surface area (Å²) in [6.07, 6.45) is -0.177. The first-order chi connectivity index (χ1) is 10.1. The highest BCUT2D eigenvalue weighted by molar-refractivity contribution is 5.68. The molecular weight excluding hydrogens is 284 g/mol. The van der Waals surface area contributed by atoms with Crippen LogP contribution in [0.15, 0.2) is 24.3 Å². The van der Waals surface area contributed by atoms with Gasteiger partial charge in [-0.25, -0.2) is 0 Å². The van der Waals surface area contributed by atoms with E-state index >= 15 is 0 Å². The smallest absolute Gasteiger partial charge is 0.387 e. The summed E-state index contributed by atoms with van der Waals surface area (Å²) in [6, 6.07) is 5.81. The lowest BCUT2D eigenvalue weighted by atomic mass is 10.0. The highest BCUT2D eigenvalue weighted by atomic mass is 19.3. The quantitative estimate of drug-likeness (QED) is 0.872. The van der Waals surface area contributed by atoms with Crippen molar-refractivity contribution in [2.45, 2.75) is 19.1 Å². The first kappa shape index (κ1) is 15.7. The van der Waals surface area contributed by atoms with Crippen LogP contribution < -0.4 is 4.74 Å². The molecule has 1 N–H and O–H groups in total. The van der Waals surface area contributed by atoms with Gasteiger partial charge in [0.25, 0.3) is 0 Å². The third-order valence-electron chi connectivity index (χ3n) is 3.35. The third-order valence-corrected chi connectivity index (χ3v) is 3.35. The molecule has 0 bridgehead atoms. The second-order valence-electron chi connectivity index (χ2n) is 4.68. The highest BCUT2D eigenvalue weighted by Gasteiger charge is 2.27. The lowest BCUT2D eigenvalue weighted by molar-refractivity contribution is -0.139. The number of alkyl halides is 2. The predicted octanol–water partition coefficient (Wildman–Crippen LogP) is 2.14. The summed E-state index contributed by atoms with van der Waals surface area (Å²) in [4.78, 5) is 13.0. The van der Waals surface area contributed by atoms with Crippen molar-refractivity contribution in [2.75, 3.05) is 26.3 Å². The molecule has 0 saturated carbocycles. The SMILES string of the molecule is O=C(O)CC(c1ccccc1OC(F)F)N1CCOCC1. The van der Waals surface area contributed by atoms with Gasteiger partial charge < -0.3 is 14.6 Å². The van der Waals surface area contributed by atoms with Gasteiger partial charge in [0.1, 0.15) is 5.75 Å². The minimum Gasteiger partial charge on any atom is -0.481 e. The van der Waals surface area contributed by atoms with Crippen LogP contribution in [-0.4, -0.2) is 48.9 Å². The molecule has 1 aliphatic heterocycles. The number of aliphatic carboxylic acids is 1. The van der Waals surface area contributed by atoms with Crippen LogP contribution in [0.1, 0.15) is 18.0 Å². The Morgan fingerprint density at radius 2 is 2.00 bits per heavy atom. The molecule has 2 rings (SSSR count). The number of halogens is 2. The molecule has 0 aromatic heterocycles. The number of carboxylic acid groups (broad SMARTS) is 1. The van der Waals surface area contributed by atoms with Crippen LogP contribution in [0, 0.1) is 0 Å². The Balaban J connectivity index is 2.28. The molecule has 7 heteroatoms. The lowest BCUT2D eigenvalue weighted by Crippen LogP contribution is -2.40. The number of para-hydroxylation sites is 1. The molecule has 1 aromatic carbocycles. The van der Waals surface area contributed by atoms with E-state index in [1.165, 1.54) is 6.07 Å². The van der Waals surface area contributed by atoms with E-state index in [1.54, 1.807) is 18.2 Å². The van der Waals surface area contributed by atoms with Crippen LogP contribution in [0.3, 0.4) is 0 Å².